The average molecular weight is 513 g/mol. The van der Waals surface area contributed by atoms with Crippen LogP contribution in [-0.4, -0.2) is 38.9 Å². The summed E-state index contributed by atoms with van der Waals surface area (Å²) in [5.41, 5.74) is 2.93. The molecular formula is C23H36IN3O2. The third kappa shape index (κ3) is 6.23. The summed E-state index contributed by atoms with van der Waals surface area (Å²) in [7, 11) is 0. The summed E-state index contributed by atoms with van der Waals surface area (Å²) < 4.78 is 11.6. The largest absolute Gasteiger partial charge is 0.493 e. The highest BCUT2D eigenvalue weighted by atomic mass is 127. The van der Waals surface area contributed by atoms with Gasteiger partial charge in [-0.2, -0.15) is 0 Å². The summed E-state index contributed by atoms with van der Waals surface area (Å²) in [4.78, 5) is 4.85. The molecule has 5 nitrogen and oxygen atoms in total. The second-order valence-corrected chi connectivity index (χ2v) is 8.84. The van der Waals surface area contributed by atoms with Crippen LogP contribution in [0.3, 0.4) is 0 Å². The normalized spacial score (nSPS) is 22.7. The van der Waals surface area contributed by atoms with Crippen molar-refractivity contribution in [3.8, 4) is 5.75 Å². The lowest BCUT2D eigenvalue weighted by Gasteiger charge is -2.18. The molecule has 4 rings (SSSR count). The molecule has 3 fully saturated rings. The minimum atomic E-state index is 0. The van der Waals surface area contributed by atoms with Crippen molar-refractivity contribution in [2.75, 3.05) is 32.9 Å². The van der Waals surface area contributed by atoms with Gasteiger partial charge in [0.15, 0.2) is 5.96 Å². The van der Waals surface area contributed by atoms with E-state index in [1.54, 1.807) is 0 Å². The molecule has 0 bridgehead atoms. The number of nitrogens with zero attached hydrogens (tertiary/aromatic N) is 1. The van der Waals surface area contributed by atoms with E-state index in [4.69, 9.17) is 14.5 Å². The second-order valence-electron chi connectivity index (χ2n) is 8.84. The first-order valence-electron chi connectivity index (χ1n) is 11.0. The first kappa shape index (κ1) is 22.7. The monoisotopic (exact) mass is 513 g/mol. The standard InChI is InChI=1S/C23H35N3O2.HI/c1-3-24-22(26-16-23(9-10-23)20-6-7-20)25-13-19-5-4-17(2)12-21(19)28-15-18-8-11-27-14-18;/h4-5,12,18,20H,3,6-11,13-16H2,1-2H3,(H2,24,25,26);1H. The van der Waals surface area contributed by atoms with Crippen molar-refractivity contribution in [1.29, 1.82) is 0 Å². The number of aryl methyl sites for hydroxylation is 1. The van der Waals surface area contributed by atoms with Gasteiger partial charge in [0.05, 0.1) is 19.8 Å². The molecule has 0 spiro atoms. The fourth-order valence-electron chi connectivity index (χ4n) is 4.20. The number of benzene rings is 1. The zero-order chi connectivity index (χ0) is 19.4. The Bertz CT molecular complexity index is 695. The smallest absolute Gasteiger partial charge is 0.191 e. The number of ether oxygens (including phenoxy) is 2. The molecule has 1 unspecified atom stereocenters. The molecule has 2 N–H and O–H groups in total. The molecule has 29 heavy (non-hydrogen) atoms. The van der Waals surface area contributed by atoms with Crippen molar-refractivity contribution in [3.63, 3.8) is 0 Å². The first-order chi connectivity index (χ1) is 13.7. The summed E-state index contributed by atoms with van der Waals surface area (Å²) in [5, 5.41) is 7.01. The fraction of sp³-hybridized carbons (Fsp3) is 0.696. The predicted molar refractivity (Wildman–Crippen MR) is 128 cm³/mol. The van der Waals surface area contributed by atoms with Crippen LogP contribution in [0.15, 0.2) is 23.2 Å². The molecule has 2 aliphatic carbocycles. The molecule has 1 aliphatic heterocycles. The van der Waals surface area contributed by atoms with Gasteiger partial charge in [-0.05, 0) is 68.9 Å². The minimum absolute atomic E-state index is 0. The molecule has 1 saturated heterocycles. The third-order valence-corrected chi connectivity index (χ3v) is 6.42. The number of aliphatic imine (C=N–C) groups is 1. The van der Waals surface area contributed by atoms with Crippen molar-refractivity contribution in [2.45, 2.75) is 52.5 Å². The molecule has 1 atom stereocenters. The molecule has 0 radical (unpaired) electrons. The maximum absolute atomic E-state index is 6.17. The molecule has 162 valence electrons. The molecule has 3 aliphatic rings. The van der Waals surface area contributed by atoms with Crippen molar-refractivity contribution in [1.82, 2.24) is 10.6 Å². The summed E-state index contributed by atoms with van der Waals surface area (Å²) in [6.45, 7) is 9.19. The number of guanidine groups is 1. The first-order valence-corrected chi connectivity index (χ1v) is 11.0. The highest BCUT2D eigenvalue weighted by molar-refractivity contribution is 14.0. The van der Waals surface area contributed by atoms with Crippen LogP contribution in [0.2, 0.25) is 0 Å². The molecule has 2 saturated carbocycles. The van der Waals surface area contributed by atoms with Gasteiger partial charge >= 0.3 is 0 Å². The summed E-state index contributed by atoms with van der Waals surface area (Å²) >= 11 is 0. The van der Waals surface area contributed by atoms with Crippen molar-refractivity contribution in [3.05, 3.63) is 29.3 Å². The average Bonchev–Trinajstić information content (AvgIpc) is 3.62. The molecule has 0 amide bonds. The van der Waals surface area contributed by atoms with Crippen molar-refractivity contribution >= 4 is 29.9 Å². The number of rotatable bonds is 9. The van der Waals surface area contributed by atoms with Crippen LogP contribution in [0, 0.1) is 24.2 Å². The van der Waals surface area contributed by atoms with Crippen LogP contribution in [0.1, 0.15) is 50.2 Å². The Morgan fingerprint density at radius 3 is 2.72 bits per heavy atom. The van der Waals surface area contributed by atoms with Crippen LogP contribution in [0.4, 0.5) is 0 Å². The number of hydrogen-bond acceptors (Lipinski definition) is 3. The quantitative estimate of drug-likeness (QED) is 0.294. The molecule has 0 aromatic heterocycles. The van der Waals surface area contributed by atoms with Crippen molar-refractivity contribution in [2.24, 2.45) is 22.2 Å². The van der Waals surface area contributed by atoms with Gasteiger partial charge in [-0.1, -0.05) is 12.1 Å². The van der Waals surface area contributed by atoms with Gasteiger partial charge in [0.25, 0.3) is 0 Å². The minimum Gasteiger partial charge on any atom is -0.493 e. The van der Waals surface area contributed by atoms with Gasteiger partial charge < -0.3 is 20.1 Å². The zero-order valence-corrected chi connectivity index (χ0v) is 20.2. The maximum atomic E-state index is 6.17. The summed E-state index contributed by atoms with van der Waals surface area (Å²) in [6, 6.07) is 6.42. The lowest BCUT2D eigenvalue weighted by atomic mass is 10.0. The SMILES string of the molecule is CCNC(=NCc1ccc(C)cc1OCC1CCOC1)NCC1(C2CC2)CC1.I. The van der Waals surface area contributed by atoms with Gasteiger partial charge in [0.1, 0.15) is 5.75 Å². The van der Waals surface area contributed by atoms with Crippen LogP contribution in [0.5, 0.6) is 5.75 Å². The van der Waals surface area contributed by atoms with Gasteiger partial charge in [0.2, 0.25) is 0 Å². The summed E-state index contributed by atoms with van der Waals surface area (Å²) in [5.74, 6) is 3.35. The third-order valence-electron chi connectivity index (χ3n) is 6.42. The van der Waals surface area contributed by atoms with E-state index in [1.807, 2.05) is 0 Å². The maximum Gasteiger partial charge on any atom is 0.191 e. The predicted octanol–water partition coefficient (Wildman–Crippen LogP) is 4.27. The van der Waals surface area contributed by atoms with Gasteiger partial charge in [-0.25, -0.2) is 4.99 Å². The lowest BCUT2D eigenvalue weighted by Crippen LogP contribution is -2.40. The molecule has 6 heteroatoms. The van der Waals surface area contributed by atoms with Crippen LogP contribution in [-0.2, 0) is 11.3 Å². The Labute approximate surface area is 192 Å². The molecule has 1 aromatic carbocycles. The highest BCUT2D eigenvalue weighted by Gasteiger charge is 2.53. The Balaban J connectivity index is 0.00000240. The van der Waals surface area contributed by atoms with E-state index in [-0.39, 0.29) is 24.0 Å². The number of halogens is 1. The second kappa shape index (κ2) is 10.3. The van der Waals surface area contributed by atoms with Crippen molar-refractivity contribution < 1.29 is 9.47 Å². The zero-order valence-electron chi connectivity index (χ0n) is 17.8. The van der Waals surface area contributed by atoms with Gasteiger partial charge in [-0.15, -0.1) is 24.0 Å². The molecule has 1 heterocycles. The van der Waals surface area contributed by atoms with E-state index in [9.17, 15) is 0 Å². The lowest BCUT2D eigenvalue weighted by molar-refractivity contribution is 0.166. The Morgan fingerprint density at radius 1 is 1.24 bits per heavy atom. The molecular weight excluding hydrogens is 477 g/mol. The van der Waals surface area contributed by atoms with E-state index >= 15 is 0 Å². The highest BCUT2D eigenvalue weighted by Crippen LogP contribution is 2.60. The Hall–Kier alpha value is -1.02. The van der Waals surface area contributed by atoms with E-state index in [0.29, 0.717) is 17.9 Å². The number of nitrogens with one attached hydrogen (secondary N) is 2. The summed E-state index contributed by atoms with van der Waals surface area (Å²) in [6.07, 6.45) is 6.70. The molecule has 1 aromatic rings. The van der Waals surface area contributed by atoms with Crippen LogP contribution >= 0.6 is 24.0 Å². The van der Waals surface area contributed by atoms with Crippen LogP contribution in [0.25, 0.3) is 0 Å². The van der Waals surface area contributed by atoms with E-state index in [1.165, 1.54) is 31.2 Å². The fourth-order valence-corrected chi connectivity index (χ4v) is 4.20. The Morgan fingerprint density at radius 2 is 2.07 bits per heavy atom. The van der Waals surface area contributed by atoms with E-state index < -0.39 is 0 Å². The van der Waals surface area contributed by atoms with Gasteiger partial charge in [-0.3, -0.25) is 0 Å². The topological polar surface area (TPSA) is 54.9 Å². The van der Waals surface area contributed by atoms with E-state index in [0.717, 1.165) is 62.5 Å². The Kier molecular flexibility index (Phi) is 8.07. The van der Waals surface area contributed by atoms with Crippen LogP contribution < -0.4 is 15.4 Å². The van der Waals surface area contributed by atoms with E-state index in [2.05, 4.69) is 42.7 Å². The number of hydrogen-bond donors (Lipinski definition) is 2. The van der Waals surface area contributed by atoms with Gasteiger partial charge in [0, 0.05) is 31.2 Å².